The number of aryl methyl sites for hydroxylation is 1. The van der Waals surface area contributed by atoms with Gasteiger partial charge in [0.15, 0.2) is 0 Å². The van der Waals surface area contributed by atoms with Crippen LogP contribution in [0, 0.1) is 6.92 Å². The summed E-state index contributed by atoms with van der Waals surface area (Å²) in [6.45, 7) is 1.78. The van der Waals surface area contributed by atoms with Gasteiger partial charge in [0.25, 0.3) is 5.91 Å². The summed E-state index contributed by atoms with van der Waals surface area (Å²) in [5, 5.41) is 0.164. The van der Waals surface area contributed by atoms with Crippen molar-refractivity contribution in [1.29, 1.82) is 0 Å². The number of nitrogens with zero attached hydrogens (tertiary/aromatic N) is 2. The second kappa shape index (κ2) is 9.27. The van der Waals surface area contributed by atoms with Crippen molar-refractivity contribution in [2.24, 2.45) is 0 Å². The number of halogens is 2. The summed E-state index contributed by atoms with van der Waals surface area (Å²) in [7, 11) is -4.29. The quantitative estimate of drug-likeness (QED) is 0.452. The van der Waals surface area contributed by atoms with Crippen LogP contribution in [0.3, 0.4) is 0 Å². The largest absolute Gasteiger partial charge is 0.274 e. The van der Waals surface area contributed by atoms with Crippen molar-refractivity contribution in [3.05, 3.63) is 94.0 Å². The summed E-state index contributed by atoms with van der Waals surface area (Å²) in [4.78, 5) is 27.1. The first-order chi connectivity index (χ1) is 15.7. The Hall–Kier alpha value is -2.71. The van der Waals surface area contributed by atoms with Gasteiger partial charge in [0, 0.05) is 11.6 Å². The van der Waals surface area contributed by atoms with E-state index in [-0.39, 0.29) is 27.9 Å². The van der Waals surface area contributed by atoms with Crippen molar-refractivity contribution in [2.45, 2.75) is 30.8 Å². The van der Waals surface area contributed by atoms with Crippen LogP contribution < -0.4 is 4.90 Å². The van der Waals surface area contributed by atoms with Crippen LogP contribution >= 0.6 is 23.2 Å². The molecule has 0 spiro atoms. The van der Waals surface area contributed by atoms with Crippen molar-refractivity contribution in [2.75, 3.05) is 4.90 Å². The lowest BCUT2D eigenvalue weighted by molar-refractivity contribution is -0.122. The first kappa shape index (κ1) is 23.4. The number of anilines is 1. The maximum absolute atomic E-state index is 13.7. The molecular formula is C24H20Cl2N2O4S. The maximum Gasteiger partial charge on any atom is 0.252 e. The molecule has 0 bridgehead atoms. The molecule has 0 aromatic heterocycles. The van der Waals surface area contributed by atoms with E-state index >= 15 is 0 Å². The minimum absolute atomic E-state index is 0.0235. The maximum atomic E-state index is 13.7. The Morgan fingerprint density at radius 3 is 2.30 bits per heavy atom. The van der Waals surface area contributed by atoms with E-state index in [0.717, 1.165) is 14.8 Å². The zero-order chi connectivity index (χ0) is 23.8. The molecule has 3 aromatic rings. The average molecular weight is 503 g/mol. The Kier molecular flexibility index (Phi) is 6.59. The van der Waals surface area contributed by atoms with Gasteiger partial charge in [0.2, 0.25) is 15.9 Å². The number of amides is 2. The third kappa shape index (κ3) is 4.68. The minimum Gasteiger partial charge on any atom is -0.274 e. The molecule has 6 nitrogen and oxygen atoms in total. The summed E-state index contributed by atoms with van der Waals surface area (Å²) in [6.07, 6.45) is -0.281. The molecule has 1 saturated heterocycles. The molecule has 1 atom stereocenters. The number of imide groups is 1. The Labute approximate surface area is 202 Å². The third-order valence-corrected chi connectivity index (χ3v) is 8.00. The van der Waals surface area contributed by atoms with Gasteiger partial charge in [-0.05, 0) is 42.8 Å². The van der Waals surface area contributed by atoms with Gasteiger partial charge in [-0.15, -0.1) is 0 Å². The van der Waals surface area contributed by atoms with E-state index in [1.54, 1.807) is 54.6 Å². The van der Waals surface area contributed by atoms with Crippen LogP contribution in [0.1, 0.15) is 17.5 Å². The molecule has 0 saturated carbocycles. The molecule has 170 valence electrons. The molecule has 1 aliphatic rings. The third-order valence-electron chi connectivity index (χ3n) is 5.42. The lowest BCUT2D eigenvalue weighted by Gasteiger charge is -2.27. The number of carbonyl (C=O) groups excluding carboxylic acids is 2. The molecule has 9 heteroatoms. The molecule has 3 aromatic carbocycles. The molecule has 0 N–H and O–H groups in total. The molecule has 1 heterocycles. The second-order valence-electron chi connectivity index (χ2n) is 7.73. The first-order valence-corrected chi connectivity index (χ1v) is 12.3. The first-order valence-electron chi connectivity index (χ1n) is 10.1. The molecule has 0 radical (unpaired) electrons. The fourth-order valence-electron chi connectivity index (χ4n) is 3.73. The highest BCUT2D eigenvalue weighted by Crippen LogP contribution is 2.34. The molecule has 1 fully saturated rings. The normalized spacial score (nSPS) is 16.6. The van der Waals surface area contributed by atoms with Crippen LogP contribution in [0.25, 0.3) is 0 Å². The molecule has 33 heavy (non-hydrogen) atoms. The van der Waals surface area contributed by atoms with E-state index in [4.69, 9.17) is 23.2 Å². The van der Waals surface area contributed by atoms with Crippen molar-refractivity contribution in [3.63, 3.8) is 0 Å². The zero-order valence-electron chi connectivity index (χ0n) is 17.6. The summed E-state index contributed by atoms with van der Waals surface area (Å²) < 4.78 is 28.5. The van der Waals surface area contributed by atoms with E-state index in [0.29, 0.717) is 11.3 Å². The fourth-order valence-corrected chi connectivity index (χ4v) is 6.04. The predicted octanol–water partition coefficient (Wildman–Crippen LogP) is 4.82. The van der Waals surface area contributed by atoms with Gasteiger partial charge in [-0.25, -0.2) is 13.3 Å². The molecule has 1 aliphatic heterocycles. The Morgan fingerprint density at radius 2 is 1.64 bits per heavy atom. The number of benzene rings is 3. The van der Waals surface area contributed by atoms with Gasteiger partial charge in [-0.3, -0.25) is 9.59 Å². The summed E-state index contributed by atoms with van der Waals surface area (Å²) in [5.74, 6) is -1.08. The Balaban J connectivity index is 1.78. The van der Waals surface area contributed by atoms with E-state index in [9.17, 15) is 18.0 Å². The van der Waals surface area contributed by atoms with Gasteiger partial charge in [0.05, 0.1) is 17.1 Å². The van der Waals surface area contributed by atoms with Crippen molar-refractivity contribution < 1.29 is 18.0 Å². The molecule has 1 unspecified atom stereocenters. The fraction of sp³-hybridized carbons (Fsp3) is 0.167. The van der Waals surface area contributed by atoms with Crippen LogP contribution in [0.2, 0.25) is 10.0 Å². The predicted molar refractivity (Wildman–Crippen MR) is 128 cm³/mol. The highest BCUT2D eigenvalue weighted by atomic mass is 35.5. The van der Waals surface area contributed by atoms with Crippen LogP contribution in [0.5, 0.6) is 0 Å². The van der Waals surface area contributed by atoms with Crippen LogP contribution in [-0.2, 0) is 26.2 Å². The van der Waals surface area contributed by atoms with E-state index in [2.05, 4.69) is 0 Å². The standard InChI is InChI=1S/C24H20Cl2N2O4S/c1-16-7-10-19(11-8-16)28-23(29)14-21(24(28)30)27(15-17-5-3-2-4-6-17)33(31,32)22-13-18(25)9-12-20(22)26/h2-13,21H,14-15H2,1H3. The van der Waals surface area contributed by atoms with Gasteiger partial charge >= 0.3 is 0 Å². The van der Waals surface area contributed by atoms with Crippen LogP contribution in [-0.4, -0.2) is 30.6 Å². The van der Waals surface area contributed by atoms with Crippen molar-refractivity contribution in [1.82, 2.24) is 4.31 Å². The van der Waals surface area contributed by atoms with E-state index < -0.39 is 27.9 Å². The number of sulfonamides is 1. The Morgan fingerprint density at radius 1 is 0.970 bits per heavy atom. The summed E-state index contributed by atoms with van der Waals surface area (Å²) >= 11 is 12.3. The van der Waals surface area contributed by atoms with Gasteiger partial charge in [-0.1, -0.05) is 71.2 Å². The minimum atomic E-state index is -4.29. The number of rotatable bonds is 6. The zero-order valence-corrected chi connectivity index (χ0v) is 19.9. The lowest BCUT2D eigenvalue weighted by atomic mass is 10.2. The number of hydrogen-bond donors (Lipinski definition) is 0. The average Bonchev–Trinajstić information content (AvgIpc) is 3.08. The molecular weight excluding hydrogens is 483 g/mol. The van der Waals surface area contributed by atoms with Gasteiger partial charge < -0.3 is 0 Å². The highest BCUT2D eigenvalue weighted by molar-refractivity contribution is 7.89. The lowest BCUT2D eigenvalue weighted by Crippen LogP contribution is -2.45. The smallest absolute Gasteiger partial charge is 0.252 e. The second-order valence-corrected chi connectivity index (χ2v) is 10.4. The van der Waals surface area contributed by atoms with E-state index in [1.807, 2.05) is 6.92 Å². The monoisotopic (exact) mass is 502 g/mol. The van der Waals surface area contributed by atoms with Crippen LogP contribution in [0.15, 0.2) is 77.7 Å². The summed E-state index contributed by atoms with van der Waals surface area (Å²) in [6, 6.07) is 18.6. The number of carbonyl (C=O) groups is 2. The van der Waals surface area contributed by atoms with Crippen molar-refractivity contribution >= 4 is 50.7 Å². The SMILES string of the molecule is Cc1ccc(N2C(=O)CC(N(Cc3ccccc3)S(=O)(=O)c3cc(Cl)ccc3Cl)C2=O)cc1. The van der Waals surface area contributed by atoms with Crippen molar-refractivity contribution in [3.8, 4) is 0 Å². The Bertz CT molecular complexity index is 1310. The topological polar surface area (TPSA) is 74.8 Å². The molecule has 0 aliphatic carbocycles. The van der Waals surface area contributed by atoms with E-state index in [1.165, 1.54) is 18.2 Å². The highest BCUT2D eigenvalue weighted by Gasteiger charge is 2.47. The summed E-state index contributed by atoms with van der Waals surface area (Å²) in [5.41, 5.74) is 2.03. The molecule has 2 amide bonds. The molecule has 4 rings (SSSR count). The van der Waals surface area contributed by atoms with Crippen LogP contribution in [0.4, 0.5) is 5.69 Å². The van der Waals surface area contributed by atoms with Gasteiger partial charge in [-0.2, -0.15) is 4.31 Å². The van der Waals surface area contributed by atoms with Gasteiger partial charge in [0.1, 0.15) is 10.9 Å². The number of hydrogen-bond acceptors (Lipinski definition) is 4.